The smallest absolute Gasteiger partial charge is 0.193 e. The number of anilines is 1. The van der Waals surface area contributed by atoms with E-state index in [1.54, 1.807) is 7.11 Å². The number of nitrogens with two attached hydrogens (primary N) is 1. The SMILES string of the molecule is CCC1(CN=C(N)Nc2ccc(OC)cc2)CCC1. The van der Waals surface area contributed by atoms with Gasteiger partial charge in [-0.15, -0.1) is 0 Å². The summed E-state index contributed by atoms with van der Waals surface area (Å²) in [5.74, 6) is 1.32. The Morgan fingerprint density at radius 1 is 1.37 bits per heavy atom. The second kappa shape index (κ2) is 5.95. The molecule has 0 spiro atoms. The summed E-state index contributed by atoms with van der Waals surface area (Å²) < 4.78 is 5.11. The van der Waals surface area contributed by atoms with E-state index in [-0.39, 0.29) is 0 Å². The van der Waals surface area contributed by atoms with Gasteiger partial charge in [-0.25, -0.2) is 0 Å². The summed E-state index contributed by atoms with van der Waals surface area (Å²) in [5.41, 5.74) is 7.27. The predicted molar refractivity (Wildman–Crippen MR) is 79.7 cm³/mol. The first kappa shape index (κ1) is 13.7. The largest absolute Gasteiger partial charge is 0.497 e. The lowest BCUT2D eigenvalue weighted by molar-refractivity contribution is 0.139. The lowest BCUT2D eigenvalue weighted by Crippen LogP contribution is -2.33. The molecule has 0 aliphatic heterocycles. The average Bonchev–Trinajstić information content (AvgIpc) is 2.39. The molecule has 0 aromatic heterocycles. The van der Waals surface area contributed by atoms with Gasteiger partial charge in [-0.2, -0.15) is 0 Å². The second-order valence-corrected chi connectivity index (χ2v) is 5.26. The molecule has 0 unspecified atom stereocenters. The molecule has 2 rings (SSSR count). The van der Waals surface area contributed by atoms with E-state index in [1.807, 2.05) is 24.3 Å². The lowest BCUT2D eigenvalue weighted by atomic mass is 9.67. The number of aliphatic imine (C=N–C) groups is 1. The zero-order valence-electron chi connectivity index (χ0n) is 11.8. The zero-order chi connectivity index (χ0) is 13.7. The number of nitrogens with zero attached hydrogens (tertiary/aromatic N) is 1. The van der Waals surface area contributed by atoms with Crippen molar-refractivity contribution >= 4 is 11.6 Å². The molecule has 0 heterocycles. The average molecular weight is 261 g/mol. The number of hydrogen-bond donors (Lipinski definition) is 2. The molecule has 104 valence electrons. The van der Waals surface area contributed by atoms with Gasteiger partial charge in [0, 0.05) is 12.2 Å². The standard InChI is InChI=1S/C15H23N3O/c1-3-15(9-4-10-15)11-17-14(16)18-12-5-7-13(19-2)8-6-12/h5-8H,3-4,9-11H2,1-2H3,(H3,16,17,18). The van der Waals surface area contributed by atoms with Crippen molar-refractivity contribution in [2.75, 3.05) is 19.0 Å². The minimum Gasteiger partial charge on any atom is -0.497 e. The van der Waals surface area contributed by atoms with E-state index in [1.165, 1.54) is 25.7 Å². The molecular formula is C15H23N3O. The van der Waals surface area contributed by atoms with Crippen LogP contribution in [-0.4, -0.2) is 19.6 Å². The predicted octanol–water partition coefficient (Wildman–Crippen LogP) is 3.00. The number of ether oxygens (including phenoxy) is 1. The third-order valence-electron chi connectivity index (χ3n) is 4.11. The molecular weight excluding hydrogens is 238 g/mol. The Labute approximate surface area is 115 Å². The molecule has 1 aromatic carbocycles. The normalized spacial score (nSPS) is 17.7. The van der Waals surface area contributed by atoms with Crippen molar-refractivity contribution in [1.29, 1.82) is 0 Å². The Morgan fingerprint density at radius 3 is 2.53 bits per heavy atom. The Hall–Kier alpha value is -1.71. The van der Waals surface area contributed by atoms with E-state index in [4.69, 9.17) is 10.5 Å². The number of hydrogen-bond acceptors (Lipinski definition) is 2. The number of guanidine groups is 1. The summed E-state index contributed by atoms with van der Waals surface area (Å²) in [6.07, 6.45) is 5.08. The fourth-order valence-electron chi connectivity index (χ4n) is 2.41. The van der Waals surface area contributed by atoms with Crippen molar-refractivity contribution in [2.24, 2.45) is 16.1 Å². The van der Waals surface area contributed by atoms with Crippen LogP contribution < -0.4 is 15.8 Å². The maximum atomic E-state index is 5.92. The van der Waals surface area contributed by atoms with Gasteiger partial charge in [-0.05, 0) is 48.9 Å². The van der Waals surface area contributed by atoms with Crippen molar-refractivity contribution in [3.8, 4) is 5.75 Å². The number of nitrogens with one attached hydrogen (secondary N) is 1. The zero-order valence-corrected chi connectivity index (χ0v) is 11.8. The van der Waals surface area contributed by atoms with Crippen LogP contribution in [0.5, 0.6) is 5.75 Å². The van der Waals surface area contributed by atoms with E-state index in [0.717, 1.165) is 18.0 Å². The summed E-state index contributed by atoms with van der Waals surface area (Å²) in [6.45, 7) is 3.07. The molecule has 19 heavy (non-hydrogen) atoms. The minimum absolute atomic E-state index is 0.409. The van der Waals surface area contributed by atoms with Gasteiger partial charge in [0.1, 0.15) is 5.75 Å². The minimum atomic E-state index is 0.409. The van der Waals surface area contributed by atoms with Gasteiger partial charge in [-0.1, -0.05) is 13.3 Å². The molecule has 0 saturated heterocycles. The maximum Gasteiger partial charge on any atom is 0.193 e. The van der Waals surface area contributed by atoms with Crippen LogP contribution in [-0.2, 0) is 0 Å². The van der Waals surface area contributed by atoms with E-state index in [2.05, 4.69) is 17.2 Å². The molecule has 0 atom stereocenters. The molecule has 1 aliphatic rings. The van der Waals surface area contributed by atoms with Gasteiger partial charge < -0.3 is 15.8 Å². The van der Waals surface area contributed by atoms with Crippen LogP contribution in [0, 0.1) is 5.41 Å². The summed E-state index contributed by atoms with van der Waals surface area (Å²) in [7, 11) is 1.65. The fraction of sp³-hybridized carbons (Fsp3) is 0.533. The van der Waals surface area contributed by atoms with Gasteiger partial charge in [-0.3, -0.25) is 4.99 Å². The molecule has 1 saturated carbocycles. The van der Waals surface area contributed by atoms with Crippen LogP contribution in [0.2, 0.25) is 0 Å². The second-order valence-electron chi connectivity index (χ2n) is 5.26. The summed E-state index contributed by atoms with van der Waals surface area (Å²) in [4.78, 5) is 4.48. The van der Waals surface area contributed by atoms with Crippen molar-refractivity contribution in [1.82, 2.24) is 0 Å². The fourth-order valence-corrected chi connectivity index (χ4v) is 2.41. The highest BCUT2D eigenvalue weighted by atomic mass is 16.5. The van der Waals surface area contributed by atoms with Crippen molar-refractivity contribution in [3.05, 3.63) is 24.3 Å². The van der Waals surface area contributed by atoms with E-state index in [0.29, 0.717) is 11.4 Å². The third-order valence-corrected chi connectivity index (χ3v) is 4.11. The summed E-state index contributed by atoms with van der Waals surface area (Å²) in [6, 6.07) is 7.66. The highest BCUT2D eigenvalue weighted by Gasteiger charge is 2.34. The van der Waals surface area contributed by atoms with Crippen molar-refractivity contribution in [2.45, 2.75) is 32.6 Å². The quantitative estimate of drug-likeness (QED) is 0.632. The highest BCUT2D eigenvalue weighted by molar-refractivity contribution is 5.92. The first-order valence-corrected chi connectivity index (χ1v) is 6.88. The Kier molecular flexibility index (Phi) is 4.30. The molecule has 4 nitrogen and oxygen atoms in total. The Bertz CT molecular complexity index is 430. The van der Waals surface area contributed by atoms with Crippen molar-refractivity contribution in [3.63, 3.8) is 0 Å². The van der Waals surface area contributed by atoms with Crippen LogP contribution in [0.25, 0.3) is 0 Å². The van der Waals surface area contributed by atoms with Gasteiger partial charge in [0.25, 0.3) is 0 Å². The van der Waals surface area contributed by atoms with Crippen LogP contribution in [0.4, 0.5) is 5.69 Å². The third kappa shape index (κ3) is 3.40. The van der Waals surface area contributed by atoms with Crippen LogP contribution in [0.15, 0.2) is 29.3 Å². The maximum absolute atomic E-state index is 5.92. The van der Waals surface area contributed by atoms with Crippen LogP contribution >= 0.6 is 0 Å². The summed E-state index contributed by atoms with van der Waals surface area (Å²) in [5, 5.41) is 3.11. The lowest BCUT2D eigenvalue weighted by Gasteiger charge is -2.40. The first-order chi connectivity index (χ1) is 9.17. The topological polar surface area (TPSA) is 59.6 Å². The van der Waals surface area contributed by atoms with Crippen LogP contribution in [0.1, 0.15) is 32.6 Å². The van der Waals surface area contributed by atoms with Gasteiger partial charge in [0.2, 0.25) is 0 Å². The van der Waals surface area contributed by atoms with Gasteiger partial charge in [0.05, 0.1) is 7.11 Å². The molecule has 0 radical (unpaired) electrons. The molecule has 1 aliphatic carbocycles. The molecule has 4 heteroatoms. The van der Waals surface area contributed by atoms with Gasteiger partial charge in [0.15, 0.2) is 5.96 Å². The monoisotopic (exact) mass is 261 g/mol. The highest BCUT2D eigenvalue weighted by Crippen LogP contribution is 2.43. The van der Waals surface area contributed by atoms with Gasteiger partial charge >= 0.3 is 0 Å². The number of benzene rings is 1. The van der Waals surface area contributed by atoms with E-state index < -0.39 is 0 Å². The van der Waals surface area contributed by atoms with E-state index >= 15 is 0 Å². The molecule has 3 N–H and O–H groups in total. The molecule has 1 fully saturated rings. The molecule has 1 aromatic rings. The Morgan fingerprint density at radius 2 is 2.05 bits per heavy atom. The molecule has 0 bridgehead atoms. The summed E-state index contributed by atoms with van der Waals surface area (Å²) >= 11 is 0. The Balaban J connectivity index is 1.90. The van der Waals surface area contributed by atoms with Crippen molar-refractivity contribution < 1.29 is 4.74 Å². The van der Waals surface area contributed by atoms with E-state index in [9.17, 15) is 0 Å². The first-order valence-electron chi connectivity index (χ1n) is 6.88. The molecule has 0 amide bonds. The van der Waals surface area contributed by atoms with Crippen LogP contribution in [0.3, 0.4) is 0 Å². The number of rotatable bonds is 5. The number of methoxy groups -OCH3 is 1.